The van der Waals surface area contributed by atoms with E-state index in [1.54, 1.807) is 13.0 Å². The minimum Gasteiger partial charge on any atom is -0.325 e. The lowest BCUT2D eigenvalue weighted by Gasteiger charge is -2.09. The first-order valence-electron chi connectivity index (χ1n) is 7.27. The number of nitro benzene ring substituents is 1. The van der Waals surface area contributed by atoms with Gasteiger partial charge in [-0.2, -0.15) is 0 Å². The van der Waals surface area contributed by atoms with Crippen LogP contribution in [0.1, 0.15) is 16.7 Å². The molecule has 0 unspecified atom stereocenters. The molecule has 2 rings (SSSR count). The van der Waals surface area contributed by atoms with Gasteiger partial charge in [0, 0.05) is 24.4 Å². The van der Waals surface area contributed by atoms with Crippen molar-refractivity contribution in [1.82, 2.24) is 5.32 Å². The Bertz CT molecular complexity index is 712. The van der Waals surface area contributed by atoms with Gasteiger partial charge >= 0.3 is 0 Å². The van der Waals surface area contributed by atoms with Crippen LogP contribution in [0, 0.1) is 24.0 Å². The minimum atomic E-state index is -0.457. The Morgan fingerprint density at radius 2 is 1.83 bits per heavy atom. The number of hydrogen-bond acceptors (Lipinski definition) is 4. The maximum Gasteiger partial charge on any atom is 0.269 e. The molecule has 2 aromatic carbocycles. The number of non-ortho nitro benzene ring substituents is 1. The largest absolute Gasteiger partial charge is 0.325 e. The Labute approximate surface area is 134 Å². The molecular weight excluding hydrogens is 294 g/mol. The van der Waals surface area contributed by atoms with E-state index in [2.05, 4.69) is 10.6 Å². The van der Waals surface area contributed by atoms with Crippen LogP contribution in [0.15, 0.2) is 42.5 Å². The molecule has 120 valence electrons. The second kappa shape index (κ2) is 7.51. The molecule has 0 atom stereocenters. The van der Waals surface area contributed by atoms with Gasteiger partial charge in [0.25, 0.3) is 5.69 Å². The lowest BCUT2D eigenvalue weighted by Crippen LogP contribution is -2.28. The van der Waals surface area contributed by atoms with Crippen molar-refractivity contribution in [3.63, 3.8) is 0 Å². The van der Waals surface area contributed by atoms with Crippen molar-refractivity contribution < 1.29 is 9.72 Å². The number of hydrogen-bond donors (Lipinski definition) is 2. The number of nitro groups is 1. The summed E-state index contributed by atoms with van der Waals surface area (Å²) < 4.78 is 0. The summed E-state index contributed by atoms with van der Waals surface area (Å²) in [5.41, 5.74) is 3.55. The molecule has 2 aromatic rings. The van der Waals surface area contributed by atoms with Gasteiger partial charge in [0.2, 0.25) is 5.91 Å². The van der Waals surface area contributed by atoms with E-state index in [-0.39, 0.29) is 18.1 Å². The summed E-state index contributed by atoms with van der Waals surface area (Å²) in [7, 11) is 0. The van der Waals surface area contributed by atoms with Crippen molar-refractivity contribution in [2.45, 2.75) is 20.4 Å². The highest BCUT2D eigenvalue weighted by atomic mass is 16.6. The van der Waals surface area contributed by atoms with E-state index in [4.69, 9.17) is 0 Å². The van der Waals surface area contributed by atoms with Gasteiger partial charge in [0.05, 0.1) is 11.5 Å². The van der Waals surface area contributed by atoms with E-state index in [1.807, 2.05) is 31.2 Å². The van der Waals surface area contributed by atoms with E-state index >= 15 is 0 Å². The molecule has 23 heavy (non-hydrogen) atoms. The molecule has 0 radical (unpaired) electrons. The van der Waals surface area contributed by atoms with E-state index in [0.29, 0.717) is 17.8 Å². The van der Waals surface area contributed by atoms with Gasteiger partial charge in [-0.3, -0.25) is 14.9 Å². The van der Waals surface area contributed by atoms with Gasteiger partial charge in [-0.15, -0.1) is 0 Å². The second-order valence-electron chi connectivity index (χ2n) is 5.39. The van der Waals surface area contributed by atoms with Crippen molar-refractivity contribution in [1.29, 1.82) is 0 Å². The smallest absolute Gasteiger partial charge is 0.269 e. The first kappa shape index (κ1) is 16.6. The third-order valence-electron chi connectivity index (χ3n) is 3.43. The van der Waals surface area contributed by atoms with Crippen LogP contribution < -0.4 is 10.6 Å². The minimum absolute atomic E-state index is 0.0120. The molecule has 2 N–H and O–H groups in total. The monoisotopic (exact) mass is 313 g/mol. The number of benzene rings is 2. The number of carbonyl (C=O) groups is 1. The summed E-state index contributed by atoms with van der Waals surface area (Å²) in [6, 6.07) is 12.4. The number of aryl methyl sites for hydroxylation is 2. The molecule has 0 aromatic heterocycles. The fourth-order valence-corrected chi connectivity index (χ4v) is 2.12. The molecule has 0 heterocycles. The highest BCUT2D eigenvalue weighted by Gasteiger charge is 2.10. The zero-order valence-corrected chi connectivity index (χ0v) is 13.1. The Balaban J connectivity index is 1.85. The van der Waals surface area contributed by atoms with Crippen LogP contribution in [-0.4, -0.2) is 17.4 Å². The van der Waals surface area contributed by atoms with Gasteiger partial charge < -0.3 is 10.6 Å². The van der Waals surface area contributed by atoms with E-state index < -0.39 is 4.92 Å². The number of amides is 1. The van der Waals surface area contributed by atoms with Crippen LogP contribution in [0.5, 0.6) is 0 Å². The quantitative estimate of drug-likeness (QED) is 0.634. The van der Waals surface area contributed by atoms with E-state index in [1.165, 1.54) is 17.7 Å². The van der Waals surface area contributed by atoms with E-state index in [9.17, 15) is 14.9 Å². The van der Waals surface area contributed by atoms with Crippen LogP contribution in [0.2, 0.25) is 0 Å². The normalized spacial score (nSPS) is 10.3. The van der Waals surface area contributed by atoms with Gasteiger partial charge in [0.15, 0.2) is 0 Å². The first-order chi connectivity index (χ1) is 11.0. The van der Waals surface area contributed by atoms with Crippen molar-refractivity contribution in [3.8, 4) is 0 Å². The second-order valence-corrected chi connectivity index (χ2v) is 5.39. The predicted octanol–water partition coefficient (Wildman–Crippen LogP) is 2.94. The topological polar surface area (TPSA) is 84.3 Å². The average Bonchev–Trinajstić information content (AvgIpc) is 2.51. The summed E-state index contributed by atoms with van der Waals surface area (Å²) >= 11 is 0. The predicted molar refractivity (Wildman–Crippen MR) is 89.3 cm³/mol. The van der Waals surface area contributed by atoms with Crippen molar-refractivity contribution in [2.75, 3.05) is 11.9 Å². The van der Waals surface area contributed by atoms with Crippen LogP contribution in [0.3, 0.4) is 0 Å². The molecule has 0 saturated carbocycles. The number of rotatable bonds is 6. The number of carbonyl (C=O) groups excluding carboxylic acids is 1. The fraction of sp³-hybridized carbons (Fsp3) is 0.235. The maximum atomic E-state index is 11.9. The van der Waals surface area contributed by atoms with Crippen LogP contribution in [0.4, 0.5) is 11.4 Å². The molecule has 0 aliphatic rings. The summed E-state index contributed by atoms with van der Waals surface area (Å²) in [5, 5.41) is 16.5. The van der Waals surface area contributed by atoms with Gasteiger partial charge in [0.1, 0.15) is 0 Å². The van der Waals surface area contributed by atoms with Crippen molar-refractivity contribution in [3.05, 3.63) is 69.3 Å². The van der Waals surface area contributed by atoms with Crippen molar-refractivity contribution in [2.24, 2.45) is 0 Å². The van der Waals surface area contributed by atoms with Crippen molar-refractivity contribution >= 4 is 17.3 Å². The maximum absolute atomic E-state index is 11.9. The van der Waals surface area contributed by atoms with Crippen LogP contribution >= 0.6 is 0 Å². The fourth-order valence-electron chi connectivity index (χ4n) is 2.12. The first-order valence-corrected chi connectivity index (χ1v) is 7.27. The summed E-state index contributed by atoms with van der Waals surface area (Å²) in [6.07, 6.45) is 0. The zero-order valence-electron chi connectivity index (χ0n) is 13.1. The summed E-state index contributed by atoms with van der Waals surface area (Å²) in [4.78, 5) is 22.2. The number of anilines is 1. The lowest BCUT2D eigenvalue weighted by molar-refractivity contribution is -0.384. The Morgan fingerprint density at radius 3 is 2.43 bits per heavy atom. The van der Waals surface area contributed by atoms with Gasteiger partial charge in [-0.25, -0.2) is 0 Å². The Morgan fingerprint density at radius 1 is 1.13 bits per heavy atom. The molecule has 0 fully saturated rings. The molecule has 0 aliphatic heterocycles. The lowest BCUT2D eigenvalue weighted by atomic mass is 10.1. The number of nitrogens with zero attached hydrogens (tertiary/aromatic N) is 1. The van der Waals surface area contributed by atoms with E-state index in [0.717, 1.165) is 5.56 Å². The van der Waals surface area contributed by atoms with Crippen LogP contribution in [0.25, 0.3) is 0 Å². The average molecular weight is 313 g/mol. The highest BCUT2D eigenvalue weighted by molar-refractivity contribution is 5.93. The Hall–Kier alpha value is -2.73. The summed E-state index contributed by atoms with van der Waals surface area (Å²) in [6.45, 7) is 4.52. The zero-order chi connectivity index (χ0) is 16.8. The van der Waals surface area contributed by atoms with Gasteiger partial charge in [-0.05, 0) is 31.0 Å². The molecule has 0 aliphatic carbocycles. The molecule has 6 nitrogen and oxygen atoms in total. The van der Waals surface area contributed by atoms with Crippen LogP contribution in [-0.2, 0) is 11.3 Å². The SMILES string of the molecule is Cc1ccc(CNCC(=O)Nc2ccc([N+](=O)[O-])cc2C)cc1. The summed E-state index contributed by atoms with van der Waals surface area (Å²) in [5.74, 6) is -0.186. The molecule has 0 saturated heterocycles. The third kappa shape index (κ3) is 4.89. The molecule has 0 spiro atoms. The molecule has 6 heteroatoms. The number of nitrogens with one attached hydrogen (secondary N) is 2. The molecule has 0 bridgehead atoms. The molecular formula is C17H19N3O3. The third-order valence-corrected chi connectivity index (χ3v) is 3.43. The Kier molecular flexibility index (Phi) is 5.43. The van der Waals surface area contributed by atoms with Gasteiger partial charge in [-0.1, -0.05) is 29.8 Å². The molecule has 1 amide bonds. The standard InChI is InChI=1S/C17H19N3O3/c1-12-3-5-14(6-4-12)10-18-11-17(21)19-16-8-7-15(20(22)23)9-13(16)2/h3-9,18H,10-11H2,1-2H3,(H,19,21). The highest BCUT2D eigenvalue weighted by Crippen LogP contribution is 2.20.